The zero-order valence-electron chi connectivity index (χ0n) is 11.1. The molecule has 0 bridgehead atoms. The van der Waals surface area contributed by atoms with Crippen LogP contribution in [0, 0.1) is 5.92 Å². The Morgan fingerprint density at radius 1 is 1.38 bits per heavy atom. The molecule has 0 aliphatic heterocycles. The van der Waals surface area contributed by atoms with Crippen LogP contribution in [0.3, 0.4) is 0 Å². The Morgan fingerprint density at radius 3 is 2.38 bits per heavy atom. The number of methoxy groups -OCH3 is 2. The van der Waals surface area contributed by atoms with Gasteiger partial charge in [-0.2, -0.15) is 0 Å². The molecule has 0 fully saturated rings. The summed E-state index contributed by atoms with van der Waals surface area (Å²) in [7, 11) is 3.07. The Hall–Kier alpha value is -0.610. The summed E-state index contributed by atoms with van der Waals surface area (Å²) in [5.74, 6) is 0.104. The molecule has 0 aliphatic rings. The van der Waals surface area contributed by atoms with E-state index in [1.807, 2.05) is 0 Å². The minimum atomic E-state index is -0.322. The molecule has 0 saturated carbocycles. The summed E-state index contributed by atoms with van der Waals surface area (Å²) < 4.78 is 9.99. The Labute approximate surface area is 98.7 Å². The van der Waals surface area contributed by atoms with Gasteiger partial charge in [0.2, 0.25) is 0 Å². The van der Waals surface area contributed by atoms with Crippen molar-refractivity contribution in [1.29, 1.82) is 0 Å². The maximum Gasteiger partial charge on any atom is 0.307 e. The number of rotatable bonds is 8. The van der Waals surface area contributed by atoms with E-state index in [0.29, 0.717) is 18.9 Å². The maximum atomic E-state index is 11.5. The molecule has 0 aromatic heterocycles. The summed E-state index contributed by atoms with van der Waals surface area (Å²) in [6.45, 7) is 7.66. The van der Waals surface area contributed by atoms with E-state index in [-0.39, 0.29) is 11.5 Å². The molecular weight excluding hydrogens is 206 g/mol. The highest BCUT2D eigenvalue weighted by Gasteiger charge is 2.36. The van der Waals surface area contributed by atoms with Crippen molar-refractivity contribution in [2.75, 3.05) is 27.4 Å². The molecule has 0 amide bonds. The van der Waals surface area contributed by atoms with Gasteiger partial charge >= 0.3 is 5.97 Å². The third kappa shape index (κ3) is 4.49. The van der Waals surface area contributed by atoms with Crippen molar-refractivity contribution in [1.82, 2.24) is 5.32 Å². The third-order valence-corrected chi connectivity index (χ3v) is 2.92. The Balaban J connectivity index is 4.70. The van der Waals surface area contributed by atoms with Gasteiger partial charge in [-0.1, -0.05) is 20.8 Å². The normalized spacial score (nSPS) is 14.9. The molecule has 0 aromatic carbocycles. The molecular formula is C12H25NO3. The highest BCUT2D eigenvalue weighted by molar-refractivity contribution is 5.70. The lowest BCUT2D eigenvalue weighted by Gasteiger charge is -2.37. The van der Waals surface area contributed by atoms with E-state index in [1.165, 1.54) is 7.11 Å². The smallest absolute Gasteiger partial charge is 0.307 e. The minimum Gasteiger partial charge on any atom is -0.469 e. The van der Waals surface area contributed by atoms with Crippen LogP contribution in [0.4, 0.5) is 0 Å². The van der Waals surface area contributed by atoms with Gasteiger partial charge in [0.1, 0.15) is 0 Å². The van der Waals surface area contributed by atoms with Gasteiger partial charge in [-0.3, -0.25) is 4.79 Å². The van der Waals surface area contributed by atoms with Crippen molar-refractivity contribution in [2.45, 2.75) is 39.2 Å². The molecule has 0 saturated heterocycles. The summed E-state index contributed by atoms with van der Waals surface area (Å²) >= 11 is 0. The number of esters is 1. The molecule has 0 rings (SSSR count). The zero-order valence-corrected chi connectivity index (χ0v) is 11.1. The number of hydrogen-bond acceptors (Lipinski definition) is 4. The second-order valence-corrected chi connectivity index (χ2v) is 4.42. The minimum absolute atomic E-state index is 0.200. The molecule has 0 radical (unpaired) electrons. The first-order valence-corrected chi connectivity index (χ1v) is 5.83. The van der Waals surface area contributed by atoms with Crippen molar-refractivity contribution < 1.29 is 14.3 Å². The fraction of sp³-hybridized carbons (Fsp3) is 0.917. The van der Waals surface area contributed by atoms with Gasteiger partial charge in [-0.25, -0.2) is 0 Å². The fourth-order valence-electron chi connectivity index (χ4n) is 1.70. The van der Waals surface area contributed by atoms with Crippen LogP contribution in [0.2, 0.25) is 0 Å². The van der Waals surface area contributed by atoms with Crippen molar-refractivity contribution in [3.8, 4) is 0 Å². The van der Waals surface area contributed by atoms with Gasteiger partial charge in [0, 0.05) is 7.11 Å². The van der Waals surface area contributed by atoms with Crippen LogP contribution in [0.15, 0.2) is 0 Å². The maximum absolute atomic E-state index is 11.5. The van der Waals surface area contributed by atoms with Crippen LogP contribution < -0.4 is 5.32 Å². The van der Waals surface area contributed by atoms with E-state index < -0.39 is 0 Å². The Morgan fingerprint density at radius 2 is 2.00 bits per heavy atom. The molecule has 4 nitrogen and oxygen atoms in total. The topological polar surface area (TPSA) is 47.6 Å². The predicted molar refractivity (Wildman–Crippen MR) is 64.4 cm³/mol. The van der Waals surface area contributed by atoms with E-state index >= 15 is 0 Å². The monoisotopic (exact) mass is 231 g/mol. The first-order chi connectivity index (χ1) is 7.52. The number of carbonyl (C=O) groups excluding carboxylic acids is 1. The van der Waals surface area contributed by atoms with Crippen molar-refractivity contribution in [2.24, 2.45) is 5.92 Å². The van der Waals surface area contributed by atoms with Crippen LogP contribution in [-0.4, -0.2) is 38.9 Å². The molecule has 1 unspecified atom stereocenters. The highest BCUT2D eigenvalue weighted by Crippen LogP contribution is 2.22. The number of carbonyl (C=O) groups is 1. The zero-order chi connectivity index (χ0) is 12.6. The standard InChI is InChI=1S/C12H25NO3/c1-6-7-13-12(9-15-4,10(2)3)8-11(14)16-5/h10,13H,6-9H2,1-5H3. The van der Waals surface area contributed by atoms with Crippen LogP contribution in [0.5, 0.6) is 0 Å². The predicted octanol–water partition coefficient (Wildman–Crippen LogP) is 1.59. The summed E-state index contributed by atoms with van der Waals surface area (Å²) in [5, 5.41) is 3.42. The largest absolute Gasteiger partial charge is 0.469 e. The van der Waals surface area contributed by atoms with Gasteiger partial charge in [0.15, 0.2) is 0 Å². The van der Waals surface area contributed by atoms with E-state index in [1.54, 1.807) is 7.11 Å². The third-order valence-electron chi connectivity index (χ3n) is 2.92. The van der Waals surface area contributed by atoms with Crippen LogP contribution in [0.25, 0.3) is 0 Å². The molecule has 0 heterocycles. The van der Waals surface area contributed by atoms with Gasteiger partial charge < -0.3 is 14.8 Å². The van der Waals surface area contributed by atoms with E-state index in [2.05, 4.69) is 26.1 Å². The van der Waals surface area contributed by atoms with Crippen molar-refractivity contribution in [3.05, 3.63) is 0 Å². The second kappa shape index (κ2) is 7.63. The lowest BCUT2D eigenvalue weighted by atomic mass is 9.83. The molecule has 4 heteroatoms. The molecule has 1 N–H and O–H groups in total. The summed E-state index contributed by atoms with van der Waals surface area (Å²) in [6, 6.07) is 0. The highest BCUT2D eigenvalue weighted by atomic mass is 16.5. The Kier molecular flexibility index (Phi) is 7.34. The average molecular weight is 231 g/mol. The van der Waals surface area contributed by atoms with Gasteiger partial charge in [0.05, 0.1) is 25.7 Å². The summed E-state index contributed by atoms with van der Waals surface area (Å²) in [4.78, 5) is 11.5. The lowest BCUT2D eigenvalue weighted by molar-refractivity contribution is -0.143. The molecule has 0 spiro atoms. The van der Waals surface area contributed by atoms with Gasteiger partial charge in [-0.15, -0.1) is 0 Å². The second-order valence-electron chi connectivity index (χ2n) is 4.42. The number of hydrogen-bond donors (Lipinski definition) is 1. The van der Waals surface area contributed by atoms with Gasteiger partial charge in [0.25, 0.3) is 0 Å². The van der Waals surface area contributed by atoms with Crippen LogP contribution >= 0.6 is 0 Å². The van der Waals surface area contributed by atoms with Crippen molar-refractivity contribution in [3.63, 3.8) is 0 Å². The number of ether oxygens (including phenoxy) is 2. The van der Waals surface area contributed by atoms with Crippen molar-refractivity contribution >= 4 is 5.97 Å². The average Bonchev–Trinajstić information content (AvgIpc) is 2.25. The molecule has 16 heavy (non-hydrogen) atoms. The van der Waals surface area contributed by atoms with E-state index in [0.717, 1.165) is 13.0 Å². The molecule has 1 atom stereocenters. The number of nitrogens with one attached hydrogen (secondary N) is 1. The SMILES string of the molecule is CCCNC(COC)(CC(=O)OC)C(C)C. The van der Waals surface area contributed by atoms with Crippen LogP contribution in [-0.2, 0) is 14.3 Å². The van der Waals surface area contributed by atoms with Crippen LogP contribution in [0.1, 0.15) is 33.6 Å². The lowest BCUT2D eigenvalue weighted by Crippen LogP contribution is -2.55. The summed E-state index contributed by atoms with van der Waals surface area (Å²) in [5.41, 5.74) is -0.322. The fourth-order valence-corrected chi connectivity index (χ4v) is 1.70. The van der Waals surface area contributed by atoms with E-state index in [9.17, 15) is 4.79 Å². The molecule has 0 aromatic rings. The van der Waals surface area contributed by atoms with E-state index in [4.69, 9.17) is 9.47 Å². The molecule has 96 valence electrons. The first-order valence-electron chi connectivity index (χ1n) is 5.83. The van der Waals surface area contributed by atoms with Gasteiger partial charge in [-0.05, 0) is 18.9 Å². The molecule has 0 aliphatic carbocycles. The summed E-state index contributed by atoms with van der Waals surface area (Å²) in [6.07, 6.45) is 1.37. The first kappa shape index (κ1) is 15.4. The Bertz CT molecular complexity index is 206. The quantitative estimate of drug-likeness (QED) is 0.644.